The Morgan fingerprint density at radius 1 is 1.07 bits per heavy atom. The van der Waals surface area contributed by atoms with Crippen LogP contribution in [-0.2, 0) is 4.79 Å². The molecular formula is C21H22N2O5. The Labute approximate surface area is 162 Å². The van der Waals surface area contributed by atoms with Gasteiger partial charge in [-0.1, -0.05) is 18.2 Å². The van der Waals surface area contributed by atoms with E-state index in [0.717, 1.165) is 0 Å². The summed E-state index contributed by atoms with van der Waals surface area (Å²) in [5.41, 5.74) is 0.693. The number of piperidine rings is 1. The van der Waals surface area contributed by atoms with E-state index in [9.17, 15) is 19.5 Å². The number of hydrogen-bond acceptors (Lipinski definition) is 5. The van der Waals surface area contributed by atoms with Crippen LogP contribution in [0.25, 0.3) is 0 Å². The van der Waals surface area contributed by atoms with Gasteiger partial charge < -0.3 is 20.1 Å². The fourth-order valence-electron chi connectivity index (χ4n) is 3.20. The maximum Gasteiger partial charge on any atom is 0.308 e. The van der Waals surface area contributed by atoms with Gasteiger partial charge in [0, 0.05) is 31.6 Å². The van der Waals surface area contributed by atoms with E-state index < -0.39 is 5.97 Å². The van der Waals surface area contributed by atoms with Crippen molar-refractivity contribution in [3.8, 4) is 11.5 Å². The Morgan fingerprint density at radius 2 is 1.79 bits per heavy atom. The van der Waals surface area contributed by atoms with Gasteiger partial charge in [0.15, 0.2) is 0 Å². The van der Waals surface area contributed by atoms with E-state index >= 15 is 0 Å². The van der Waals surface area contributed by atoms with Crippen molar-refractivity contribution in [3.05, 3.63) is 59.7 Å². The molecule has 2 aromatic rings. The first-order valence-electron chi connectivity index (χ1n) is 9.10. The third-order valence-electron chi connectivity index (χ3n) is 4.61. The van der Waals surface area contributed by atoms with Crippen molar-refractivity contribution in [1.29, 1.82) is 0 Å². The topological polar surface area (TPSA) is 95.9 Å². The van der Waals surface area contributed by atoms with Crippen LogP contribution in [0.2, 0.25) is 0 Å². The molecule has 0 bridgehead atoms. The number of likely N-dealkylation sites (tertiary alicyclic amines) is 1. The Bertz CT molecular complexity index is 888. The summed E-state index contributed by atoms with van der Waals surface area (Å²) in [6.07, 6.45) is 1.24. The second-order valence-corrected chi connectivity index (χ2v) is 6.68. The minimum absolute atomic E-state index is 0.0553. The van der Waals surface area contributed by atoms with Crippen molar-refractivity contribution < 1.29 is 24.2 Å². The van der Waals surface area contributed by atoms with Gasteiger partial charge in [-0.25, -0.2) is 0 Å². The van der Waals surface area contributed by atoms with E-state index in [1.807, 2.05) is 0 Å². The van der Waals surface area contributed by atoms with Gasteiger partial charge in [0.1, 0.15) is 11.5 Å². The molecule has 2 aromatic carbocycles. The zero-order chi connectivity index (χ0) is 20.1. The predicted octanol–water partition coefficient (Wildman–Crippen LogP) is 2.35. The molecule has 7 nitrogen and oxygen atoms in total. The molecule has 2 amide bonds. The normalized spacial score (nSPS) is 14.4. The number of amides is 2. The maximum absolute atomic E-state index is 12.7. The third-order valence-corrected chi connectivity index (χ3v) is 4.61. The number of carbonyl (C=O) groups excluding carboxylic acids is 3. The number of ether oxygens (including phenoxy) is 1. The number of rotatable bonds is 4. The minimum Gasteiger partial charge on any atom is -0.507 e. The van der Waals surface area contributed by atoms with Crippen molar-refractivity contribution in [3.63, 3.8) is 0 Å². The summed E-state index contributed by atoms with van der Waals surface area (Å²) < 4.78 is 5.03. The van der Waals surface area contributed by atoms with Gasteiger partial charge in [-0.2, -0.15) is 0 Å². The van der Waals surface area contributed by atoms with E-state index in [0.29, 0.717) is 37.2 Å². The van der Waals surface area contributed by atoms with Crippen molar-refractivity contribution in [1.82, 2.24) is 10.2 Å². The van der Waals surface area contributed by atoms with E-state index in [1.54, 1.807) is 47.4 Å². The molecule has 0 aliphatic carbocycles. The van der Waals surface area contributed by atoms with E-state index in [4.69, 9.17) is 4.74 Å². The van der Waals surface area contributed by atoms with Crippen LogP contribution >= 0.6 is 0 Å². The molecule has 3 rings (SSSR count). The summed E-state index contributed by atoms with van der Waals surface area (Å²) in [5.74, 6) is -0.620. The van der Waals surface area contributed by atoms with Gasteiger partial charge in [-0.05, 0) is 43.2 Å². The van der Waals surface area contributed by atoms with Crippen LogP contribution in [0.15, 0.2) is 48.5 Å². The lowest BCUT2D eigenvalue weighted by atomic mass is 10.0. The Balaban J connectivity index is 1.56. The number of hydrogen-bond donors (Lipinski definition) is 2. The summed E-state index contributed by atoms with van der Waals surface area (Å²) in [6, 6.07) is 12.9. The second-order valence-electron chi connectivity index (χ2n) is 6.68. The summed E-state index contributed by atoms with van der Waals surface area (Å²) in [6.45, 7) is 2.31. The predicted molar refractivity (Wildman–Crippen MR) is 102 cm³/mol. The number of benzene rings is 2. The fourth-order valence-corrected chi connectivity index (χ4v) is 3.20. The van der Waals surface area contributed by atoms with Crippen LogP contribution in [-0.4, -0.2) is 46.9 Å². The molecule has 0 atom stereocenters. The lowest BCUT2D eigenvalue weighted by molar-refractivity contribution is -0.131. The highest BCUT2D eigenvalue weighted by atomic mass is 16.5. The molecule has 146 valence electrons. The van der Waals surface area contributed by atoms with Crippen LogP contribution in [0.5, 0.6) is 11.5 Å². The zero-order valence-corrected chi connectivity index (χ0v) is 15.6. The van der Waals surface area contributed by atoms with Gasteiger partial charge in [0.05, 0.1) is 5.56 Å². The summed E-state index contributed by atoms with van der Waals surface area (Å²) in [7, 11) is 0. The quantitative estimate of drug-likeness (QED) is 0.625. The van der Waals surface area contributed by atoms with Crippen molar-refractivity contribution in [2.45, 2.75) is 25.8 Å². The van der Waals surface area contributed by atoms with Gasteiger partial charge in [0.25, 0.3) is 11.8 Å². The molecule has 1 aliphatic heterocycles. The number of nitrogens with zero attached hydrogens (tertiary/aromatic N) is 1. The van der Waals surface area contributed by atoms with Crippen molar-refractivity contribution >= 4 is 17.8 Å². The summed E-state index contributed by atoms with van der Waals surface area (Å²) in [4.78, 5) is 37.8. The smallest absolute Gasteiger partial charge is 0.308 e. The zero-order valence-electron chi connectivity index (χ0n) is 15.6. The monoisotopic (exact) mass is 382 g/mol. The molecule has 1 fully saturated rings. The molecule has 0 radical (unpaired) electrons. The van der Waals surface area contributed by atoms with Crippen LogP contribution in [0, 0.1) is 0 Å². The van der Waals surface area contributed by atoms with Crippen LogP contribution < -0.4 is 10.1 Å². The standard InChI is InChI=1S/C21H22N2O5/c1-14(24)28-17-6-4-5-15(13-17)21(27)23-11-9-16(10-12-23)22-20(26)18-7-2-3-8-19(18)25/h2-8,13,16,25H,9-12H2,1H3,(H,22,26). The van der Waals surface area contributed by atoms with Gasteiger partial charge >= 0.3 is 5.97 Å². The van der Waals surface area contributed by atoms with E-state index in [1.165, 1.54) is 13.0 Å². The minimum atomic E-state index is -0.439. The SMILES string of the molecule is CC(=O)Oc1cccc(C(=O)N2CCC(NC(=O)c3ccccc3O)CC2)c1. The third kappa shape index (κ3) is 4.68. The number of carbonyl (C=O) groups is 3. The average molecular weight is 382 g/mol. The Morgan fingerprint density at radius 3 is 2.46 bits per heavy atom. The first-order chi connectivity index (χ1) is 13.4. The first-order valence-corrected chi connectivity index (χ1v) is 9.10. The summed E-state index contributed by atoms with van der Waals surface area (Å²) in [5, 5.41) is 12.7. The Hall–Kier alpha value is -3.35. The number of para-hydroxylation sites is 1. The lowest BCUT2D eigenvalue weighted by Gasteiger charge is -2.32. The number of phenolic OH excluding ortho intramolecular Hbond substituents is 1. The van der Waals surface area contributed by atoms with E-state index in [-0.39, 0.29) is 29.2 Å². The number of nitrogens with one attached hydrogen (secondary N) is 1. The van der Waals surface area contributed by atoms with Crippen molar-refractivity contribution in [2.24, 2.45) is 0 Å². The molecule has 0 spiro atoms. The molecule has 0 aromatic heterocycles. The lowest BCUT2D eigenvalue weighted by Crippen LogP contribution is -2.46. The number of esters is 1. The average Bonchev–Trinajstić information content (AvgIpc) is 2.68. The molecular weight excluding hydrogens is 360 g/mol. The Kier molecular flexibility index (Phi) is 5.93. The molecule has 28 heavy (non-hydrogen) atoms. The number of phenols is 1. The van der Waals surface area contributed by atoms with Crippen LogP contribution in [0.1, 0.15) is 40.5 Å². The second kappa shape index (κ2) is 8.56. The molecule has 2 N–H and O–H groups in total. The summed E-state index contributed by atoms with van der Waals surface area (Å²) >= 11 is 0. The van der Waals surface area contributed by atoms with Gasteiger partial charge in [-0.15, -0.1) is 0 Å². The van der Waals surface area contributed by atoms with Gasteiger partial charge in [-0.3, -0.25) is 14.4 Å². The molecule has 7 heteroatoms. The number of aromatic hydroxyl groups is 1. The largest absolute Gasteiger partial charge is 0.507 e. The van der Waals surface area contributed by atoms with E-state index in [2.05, 4.69) is 5.32 Å². The van der Waals surface area contributed by atoms with Gasteiger partial charge in [0.2, 0.25) is 0 Å². The highest BCUT2D eigenvalue weighted by molar-refractivity contribution is 5.97. The molecule has 0 unspecified atom stereocenters. The molecule has 1 aliphatic rings. The highest BCUT2D eigenvalue weighted by Crippen LogP contribution is 2.20. The highest BCUT2D eigenvalue weighted by Gasteiger charge is 2.25. The molecule has 1 heterocycles. The maximum atomic E-state index is 12.7. The van der Waals surface area contributed by atoms with Crippen LogP contribution in [0.3, 0.4) is 0 Å². The van der Waals surface area contributed by atoms with Crippen molar-refractivity contribution in [2.75, 3.05) is 13.1 Å². The fraction of sp³-hybridized carbons (Fsp3) is 0.286. The first kappa shape index (κ1) is 19.4. The molecule has 0 saturated carbocycles. The van der Waals surface area contributed by atoms with Crippen LogP contribution in [0.4, 0.5) is 0 Å². The molecule has 1 saturated heterocycles.